The van der Waals surface area contributed by atoms with Gasteiger partial charge in [0.15, 0.2) is 9.84 Å². The molecule has 0 atom stereocenters. The standard InChI is InChI=1S/C13H19N3O5S/c1-22(20,21)11-2-3-12(13(10-11)16(18)19)15-6-4-14(5-7-15)8-9-17/h2-3,10,17H,4-9H2,1H3. The Morgan fingerprint density at radius 3 is 2.41 bits per heavy atom. The number of hydrogen-bond acceptors (Lipinski definition) is 7. The molecule has 0 aromatic heterocycles. The molecule has 8 nitrogen and oxygen atoms in total. The van der Waals surface area contributed by atoms with Crippen LogP contribution in [0.1, 0.15) is 0 Å². The predicted octanol–water partition coefficient (Wildman–Crippen LogP) is 0.113. The molecule has 9 heteroatoms. The van der Waals surface area contributed by atoms with Crippen molar-refractivity contribution < 1.29 is 18.4 Å². The van der Waals surface area contributed by atoms with Gasteiger partial charge in [0.05, 0.1) is 16.4 Å². The number of piperazine rings is 1. The first-order chi connectivity index (χ1) is 10.3. The van der Waals surface area contributed by atoms with Crippen LogP contribution in [0.3, 0.4) is 0 Å². The first-order valence-corrected chi connectivity index (χ1v) is 8.78. The number of rotatable bonds is 5. The van der Waals surface area contributed by atoms with E-state index in [0.717, 1.165) is 12.3 Å². The minimum absolute atomic E-state index is 0.0538. The third kappa shape index (κ3) is 3.73. The van der Waals surface area contributed by atoms with Crippen LogP contribution in [0.2, 0.25) is 0 Å². The van der Waals surface area contributed by atoms with E-state index < -0.39 is 14.8 Å². The van der Waals surface area contributed by atoms with Crippen LogP contribution in [0.25, 0.3) is 0 Å². The van der Waals surface area contributed by atoms with Gasteiger partial charge in [-0.25, -0.2) is 8.42 Å². The molecule has 1 aromatic carbocycles. The van der Waals surface area contributed by atoms with Gasteiger partial charge in [-0.3, -0.25) is 15.0 Å². The first-order valence-electron chi connectivity index (χ1n) is 6.89. The van der Waals surface area contributed by atoms with Crippen LogP contribution in [0.4, 0.5) is 11.4 Å². The van der Waals surface area contributed by atoms with Crippen molar-refractivity contribution in [1.82, 2.24) is 4.90 Å². The van der Waals surface area contributed by atoms with Crippen molar-refractivity contribution in [3.8, 4) is 0 Å². The summed E-state index contributed by atoms with van der Waals surface area (Å²) in [6, 6.07) is 4.01. The number of nitro benzene ring substituents is 1. The molecule has 2 rings (SSSR count). The Hall–Kier alpha value is -1.71. The maximum atomic E-state index is 11.5. The zero-order valence-electron chi connectivity index (χ0n) is 12.3. The van der Waals surface area contributed by atoms with E-state index in [2.05, 4.69) is 4.90 Å². The summed E-state index contributed by atoms with van der Waals surface area (Å²) in [5.74, 6) is 0. The number of sulfone groups is 1. The summed E-state index contributed by atoms with van der Waals surface area (Å²) in [5, 5.41) is 20.2. The maximum Gasteiger partial charge on any atom is 0.293 e. The molecule has 1 heterocycles. The smallest absolute Gasteiger partial charge is 0.293 e. The summed E-state index contributed by atoms with van der Waals surface area (Å²) in [4.78, 5) is 14.6. The third-order valence-electron chi connectivity index (χ3n) is 3.70. The molecule has 1 saturated heterocycles. The first kappa shape index (κ1) is 16.7. The Morgan fingerprint density at radius 2 is 1.91 bits per heavy atom. The van der Waals surface area contributed by atoms with Crippen molar-refractivity contribution in [2.75, 3.05) is 50.5 Å². The van der Waals surface area contributed by atoms with Crippen LogP contribution < -0.4 is 4.90 Å². The SMILES string of the molecule is CS(=O)(=O)c1ccc(N2CCN(CCO)CC2)c([N+](=O)[O-])c1. The van der Waals surface area contributed by atoms with Crippen LogP contribution in [0.15, 0.2) is 23.1 Å². The highest BCUT2D eigenvalue weighted by atomic mass is 32.2. The van der Waals surface area contributed by atoms with Crippen LogP contribution in [-0.4, -0.2) is 68.9 Å². The fourth-order valence-electron chi connectivity index (χ4n) is 2.50. The normalized spacial score (nSPS) is 16.7. The van der Waals surface area contributed by atoms with E-state index in [9.17, 15) is 18.5 Å². The van der Waals surface area contributed by atoms with Crippen molar-refractivity contribution in [2.45, 2.75) is 4.90 Å². The van der Waals surface area contributed by atoms with Gasteiger partial charge in [0.1, 0.15) is 5.69 Å². The molecule has 1 aliphatic heterocycles. The van der Waals surface area contributed by atoms with Gasteiger partial charge in [0.25, 0.3) is 5.69 Å². The molecule has 0 radical (unpaired) electrons. The second kappa shape index (κ2) is 6.59. The van der Waals surface area contributed by atoms with E-state index >= 15 is 0 Å². The average Bonchev–Trinajstić information content (AvgIpc) is 2.47. The van der Waals surface area contributed by atoms with E-state index in [1.807, 2.05) is 4.90 Å². The Kier molecular flexibility index (Phi) is 4.99. The summed E-state index contributed by atoms with van der Waals surface area (Å²) in [6.07, 6.45) is 1.03. The van der Waals surface area contributed by atoms with Gasteiger partial charge in [0.2, 0.25) is 0 Å². The molecule has 1 N–H and O–H groups in total. The number of aliphatic hydroxyl groups is 1. The lowest BCUT2D eigenvalue weighted by Crippen LogP contribution is -2.47. The van der Waals surface area contributed by atoms with Gasteiger partial charge in [-0.15, -0.1) is 0 Å². The largest absolute Gasteiger partial charge is 0.395 e. The van der Waals surface area contributed by atoms with Gasteiger partial charge >= 0.3 is 0 Å². The van der Waals surface area contributed by atoms with Gasteiger partial charge < -0.3 is 10.0 Å². The number of aliphatic hydroxyl groups excluding tert-OH is 1. The molecule has 0 unspecified atom stereocenters. The molecule has 1 aromatic rings. The predicted molar refractivity (Wildman–Crippen MR) is 81.9 cm³/mol. The number of nitrogens with zero attached hydrogens (tertiary/aromatic N) is 3. The van der Waals surface area contributed by atoms with Crippen molar-refractivity contribution >= 4 is 21.2 Å². The quantitative estimate of drug-likeness (QED) is 0.604. The van der Waals surface area contributed by atoms with Crippen molar-refractivity contribution in [3.05, 3.63) is 28.3 Å². The van der Waals surface area contributed by atoms with E-state index in [1.165, 1.54) is 12.1 Å². The summed E-state index contributed by atoms with van der Waals surface area (Å²) in [6.45, 7) is 3.27. The highest BCUT2D eigenvalue weighted by Gasteiger charge is 2.25. The Labute approximate surface area is 129 Å². The lowest BCUT2D eigenvalue weighted by atomic mass is 10.2. The molecule has 0 bridgehead atoms. The van der Waals surface area contributed by atoms with Crippen LogP contribution in [-0.2, 0) is 9.84 Å². The number of hydrogen-bond donors (Lipinski definition) is 1. The number of anilines is 1. The van der Waals surface area contributed by atoms with E-state index in [1.54, 1.807) is 0 Å². The van der Waals surface area contributed by atoms with E-state index in [4.69, 9.17) is 5.11 Å². The highest BCUT2D eigenvalue weighted by Crippen LogP contribution is 2.31. The fraction of sp³-hybridized carbons (Fsp3) is 0.538. The van der Waals surface area contributed by atoms with Gasteiger partial charge in [-0.1, -0.05) is 0 Å². The zero-order chi connectivity index (χ0) is 16.3. The summed E-state index contributed by atoms with van der Waals surface area (Å²) >= 11 is 0. The molecule has 22 heavy (non-hydrogen) atoms. The Morgan fingerprint density at radius 1 is 1.27 bits per heavy atom. The summed E-state index contributed by atoms with van der Waals surface area (Å²) < 4.78 is 23.1. The van der Waals surface area contributed by atoms with Crippen LogP contribution >= 0.6 is 0 Å². The summed E-state index contributed by atoms with van der Waals surface area (Å²) in [5.41, 5.74) is 0.236. The fourth-order valence-corrected chi connectivity index (χ4v) is 3.14. The molecule has 0 amide bonds. The topological polar surface area (TPSA) is 104 Å². The zero-order valence-corrected chi connectivity index (χ0v) is 13.1. The lowest BCUT2D eigenvalue weighted by Gasteiger charge is -2.35. The van der Waals surface area contributed by atoms with Crippen LogP contribution in [0, 0.1) is 10.1 Å². The van der Waals surface area contributed by atoms with Gasteiger partial charge in [-0.05, 0) is 12.1 Å². The number of nitro groups is 1. The second-order valence-electron chi connectivity index (χ2n) is 5.23. The Bertz CT molecular complexity index is 654. The minimum atomic E-state index is -3.48. The maximum absolute atomic E-state index is 11.5. The number of benzene rings is 1. The van der Waals surface area contributed by atoms with Crippen molar-refractivity contribution in [2.24, 2.45) is 0 Å². The highest BCUT2D eigenvalue weighted by molar-refractivity contribution is 7.90. The molecule has 122 valence electrons. The molecule has 0 aliphatic carbocycles. The molecule has 1 aliphatic rings. The molecular formula is C13H19N3O5S. The summed E-state index contributed by atoms with van der Waals surface area (Å²) in [7, 11) is -3.48. The average molecular weight is 329 g/mol. The second-order valence-corrected chi connectivity index (χ2v) is 7.25. The third-order valence-corrected chi connectivity index (χ3v) is 4.81. The van der Waals surface area contributed by atoms with Gasteiger partial charge in [0, 0.05) is 45.0 Å². The van der Waals surface area contributed by atoms with Crippen LogP contribution in [0.5, 0.6) is 0 Å². The molecule has 0 saturated carbocycles. The van der Waals surface area contributed by atoms with Crippen molar-refractivity contribution in [1.29, 1.82) is 0 Å². The molecule has 0 spiro atoms. The minimum Gasteiger partial charge on any atom is -0.395 e. The molecule has 1 fully saturated rings. The monoisotopic (exact) mass is 329 g/mol. The number of β-amino-alcohol motifs (C(OH)–C–C–N with tert-alkyl or cyclic N) is 1. The van der Waals surface area contributed by atoms with E-state index in [0.29, 0.717) is 38.4 Å². The van der Waals surface area contributed by atoms with Crippen molar-refractivity contribution in [3.63, 3.8) is 0 Å². The van der Waals surface area contributed by atoms with Gasteiger partial charge in [-0.2, -0.15) is 0 Å². The lowest BCUT2D eigenvalue weighted by molar-refractivity contribution is -0.384. The van der Waals surface area contributed by atoms with E-state index in [-0.39, 0.29) is 17.2 Å². The Balaban J connectivity index is 2.26. The molecular weight excluding hydrogens is 310 g/mol.